The predicted molar refractivity (Wildman–Crippen MR) is 173 cm³/mol. The fraction of sp³-hybridized carbons (Fsp3) is 0.235. The molecule has 1 amide bonds. The summed E-state index contributed by atoms with van der Waals surface area (Å²) in [5, 5.41) is 19.4. The predicted octanol–water partition coefficient (Wildman–Crippen LogP) is 7.29. The Kier molecular flexibility index (Phi) is 10.8. The molecule has 0 fully saturated rings. The van der Waals surface area contributed by atoms with Gasteiger partial charge in [0.2, 0.25) is 5.90 Å². The molecular formula is C34H30F2N8O4. The van der Waals surface area contributed by atoms with Gasteiger partial charge in [-0.2, -0.15) is 0 Å². The van der Waals surface area contributed by atoms with Crippen molar-refractivity contribution in [1.29, 1.82) is 0 Å². The number of aliphatic imine (C=N–C) groups is 1. The van der Waals surface area contributed by atoms with Crippen molar-refractivity contribution in [3.8, 4) is 5.75 Å². The van der Waals surface area contributed by atoms with Crippen LogP contribution in [0.25, 0.3) is 20.9 Å². The molecule has 0 unspecified atom stereocenters. The van der Waals surface area contributed by atoms with Crippen molar-refractivity contribution in [1.82, 2.24) is 5.32 Å². The lowest BCUT2D eigenvalue weighted by Crippen LogP contribution is -2.49. The Labute approximate surface area is 273 Å². The zero-order valence-corrected chi connectivity index (χ0v) is 25.5. The van der Waals surface area contributed by atoms with E-state index in [1.165, 1.54) is 0 Å². The second kappa shape index (κ2) is 15.6. The van der Waals surface area contributed by atoms with Gasteiger partial charge in [-0.15, -0.1) is 0 Å². The summed E-state index contributed by atoms with van der Waals surface area (Å²) in [6, 6.07) is 23.5. The third-order valence-corrected chi connectivity index (χ3v) is 7.66. The number of azide groups is 2. The third-order valence-electron chi connectivity index (χ3n) is 7.66. The average Bonchev–Trinajstić information content (AvgIpc) is 3.47. The first-order chi connectivity index (χ1) is 23.4. The van der Waals surface area contributed by atoms with Crippen LogP contribution in [0.15, 0.2) is 106 Å². The number of aliphatic hydroxyl groups excluding tert-OH is 1. The number of nitrogens with one attached hydrogen (secondary N) is 1. The maximum absolute atomic E-state index is 14.6. The molecule has 1 aliphatic rings. The van der Waals surface area contributed by atoms with Crippen molar-refractivity contribution in [2.24, 2.45) is 15.2 Å². The van der Waals surface area contributed by atoms with Crippen LogP contribution in [0.1, 0.15) is 40.3 Å². The van der Waals surface area contributed by atoms with Crippen molar-refractivity contribution >= 4 is 17.5 Å². The molecule has 0 radical (unpaired) electrons. The summed E-state index contributed by atoms with van der Waals surface area (Å²) in [6.45, 7) is 0.0816. The molecule has 0 saturated carbocycles. The van der Waals surface area contributed by atoms with E-state index in [1.807, 2.05) is 0 Å². The standard InChI is InChI=1S/C34H30F2N8O4/c35-26-16-22(17-27(36)18-26)20-39-33(46)34(19-24-6-1-2-7-25(24)21-40-43-37)31(29-8-3-4-9-30(29)42-44-38)48-32(41-34)23-10-12-28(13-11-23)47-15-5-14-45/h1-4,6-13,16-18,31,45H,5,14-15,19-21H2,(H,39,46)/t31-,34-/m1/s1. The van der Waals surface area contributed by atoms with Crippen LogP contribution in [0.3, 0.4) is 0 Å². The van der Waals surface area contributed by atoms with Gasteiger partial charge in [-0.05, 0) is 64.2 Å². The Morgan fingerprint density at radius 3 is 2.40 bits per heavy atom. The number of benzene rings is 4. The SMILES string of the molecule is [N-]=[N+]=NCc1ccccc1C[C@@]1(C(=O)NCc2cc(F)cc(F)c2)N=C(c2ccc(OCCCO)cc2)O[C@@H]1c1ccccc1N=[N+]=[N-]. The maximum Gasteiger partial charge on any atom is 0.252 e. The van der Waals surface area contributed by atoms with Gasteiger partial charge in [0.1, 0.15) is 17.4 Å². The number of ether oxygens (including phenoxy) is 2. The molecule has 1 aliphatic heterocycles. The summed E-state index contributed by atoms with van der Waals surface area (Å²) < 4.78 is 40.2. The lowest BCUT2D eigenvalue weighted by molar-refractivity contribution is -0.129. The first-order valence-electron chi connectivity index (χ1n) is 14.9. The lowest BCUT2D eigenvalue weighted by atomic mass is 9.80. The molecule has 2 atom stereocenters. The van der Waals surface area contributed by atoms with Crippen LogP contribution in [-0.4, -0.2) is 35.7 Å². The van der Waals surface area contributed by atoms with Gasteiger partial charge in [-0.25, -0.2) is 13.8 Å². The Morgan fingerprint density at radius 2 is 1.69 bits per heavy atom. The number of carbonyl (C=O) groups is 1. The van der Waals surface area contributed by atoms with Gasteiger partial charge in [0, 0.05) is 58.7 Å². The second-order valence-corrected chi connectivity index (χ2v) is 10.8. The Morgan fingerprint density at radius 1 is 0.979 bits per heavy atom. The van der Waals surface area contributed by atoms with Gasteiger partial charge in [0.15, 0.2) is 11.6 Å². The fourth-order valence-corrected chi connectivity index (χ4v) is 5.44. The molecule has 4 aromatic rings. The average molecular weight is 653 g/mol. The van der Waals surface area contributed by atoms with Gasteiger partial charge in [-0.3, -0.25) is 4.79 Å². The highest BCUT2D eigenvalue weighted by Gasteiger charge is 2.54. The van der Waals surface area contributed by atoms with E-state index in [0.717, 1.165) is 18.2 Å². The van der Waals surface area contributed by atoms with Crippen molar-refractivity contribution in [3.05, 3.63) is 151 Å². The molecule has 0 aliphatic carbocycles. The molecule has 1 heterocycles. The van der Waals surface area contributed by atoms with Crippen molar-refractivity contribution < 1.29 is 28.2 Å². The van der Waals surface area contributed by atoms with Crippen molar-refractivity contribution in [2.75, 3.05) is 13.2 Å². The van der Waals surface area contributed by atoms with Crippen molar-refractivity contribution in [3.63, 3.8) is 0 Å². The molecule has 4 aromatic carbocycles. The number of carbonyl (C=O) groups excluding carboxylic acids is 1. The molecule has 0 spiro atoms. The van der Waals surface area contributed by atoms with Crippen LogP contribution in [0.5, 0.6) is 5.75 Å². The van der Waals surface area contributed by atoms with E-state index in [1.54, 1.807) is 72.8 Å². The first kappa shape index (κ1) is 33.4. The number of amides is 1. The minimum Gasteiger partial charge on any atom is -0.494 e. The Balaban J connectivity index is 1.65. The Hall–Kier alpha value is -5.94. The van der Waals surface area contributed by atoms with E-state index in [9.17, 15) is 19.1 Å². The molecule has 5 rings (SSSR count). The van der Waals surface area contributed by atoms with E-state index < -0.39 is 29.2 Å². The molecule has 244 valence electrons. The van der Waals surface area contributed by atoms with Crippen LogP contribution in [0, 0.1) is 11.6 Å². The number of nitrogens with zero attached hydrogens (tertiary/aromatic N) is 7. The van der Waals surface area contributed by atoms with Crippen LogP contribution in [0.4, 0.5) is 14.5 Å². The molecule has 48 heavy (non-hydrogen) atoms. The molecular weight excluding hydrogens is 622 g/mol. The first-order valence-corrected chi connectivity index (χ1v) is 14.9. The normalized spacial score (nSPS) is 16.6. The minimum absolute atomic E-state index is 0.00208. The molecule has 2 N–H and O–H groups in total. The maximum atomic E-state index is 14.6. The molecule has 0 bridgehead atoms. The zero-order chi connectivity index (χ0) is 33.9. The van der Waals surface area contributed by atoms with E-state index >= 15 is 0 Å². The van der Waals surface area contributed by atoms with Gasteiger partial charge >= 0.3 is 0 Å². The summed E-state index contributed by atoms with van der Waals surface area (Å²) >= 11 is 0. The van der Waals surface area contributed by atoms with Crippen molar-refractivity contribution in [2.45, 2.75) is 37.6 Å². The minimum atomic E-state index is -1.76. The van der Waals surface area contributed by atoms with Gasteiger partial charge in [0.05, 0.1) is 13.2 Å². The monoisotopic (exact) mass is 652 g/mol. The highest BCUT2D eigenvalue weighted by molar-refractivity contribution is 6.01. The van der Waals surface area contributed by atoms with Gasteiger partial charge in [0.25, 0.3) is 5.91 Å². The quantitative estimate of drug-likeness (QED) is 0.0629. The van der Waals surface area contributed by atoms with Crippen LogP contribution < -0.4 is 10.1 Å². The van der Waals surface area contributed by atoms with E-state index in [2.05, 4.69) is 25.4 Å². The summed E-state index contributed by atoms with van der Waals surface area (Å²) in [7, 11) is 0. The van der Waals surface area contributed by atoms with E-state index in [0.29, 0.717) is 41.0 Å². The second-order valence-electron chi connectivity index (χ2n) is 10.8. The Bertz CT molecular complexity index is 1890. The molecule has 14 heteroatoms. The fourth-order valence-electron chi connectivity index (χ4n) is 5.44. The largest absolute Gasteiger partial charge is 0.494 e. The van der Waals surface area contributed by atoms with Crippen LogP contribution in [0.2, 0.25) is 0 Å². The highest BCUT2D eigenvalue weighted by Crippen LogP contribution is 2.45. The number of halogens is 2. The molecule has 0 saturated heterocycles. The summed E-state index contributed by atoms with van der Waals surface area (Å²) in [6.07, 6.45) is -0.745. The van der Waals surface area contributed by atoms with Crippen LogP contribution >= 0.6 is 0 Å². The van der Waals surface area contributed by atoms with Gasteiger partial charge < -0.3 is 19.9 Å². The number of hydrogen-bond donors (Lipinski definition) is 2. The molecule has 0 aromatic heterocycles. The summed E-state index contributed by atoms with van der Waals surface area (Å²) in [5.41, 5.74) is 19.2. The van der Waals surface area contributed by atoms with E-state index in [4.69, 9.17) is 25.1 Å². The number of hydrogen-bond acceptors (Lipinski definition) is 7. The topological polar surface area (TPSA) is 178 Å². The number of aliphatic hydroxyl groups is 1. The van der Waals surface area contributed by atoms with Gasteiger partial charge in [-0.1, -0.05) is 58.8 Å². The smallest absolute Gasteiger partial charge is 0.252 e. The number of rotatable bonds is 14. The lowest BCUT2D eigenvalue weighted by Gasteiger charge is -2.32. The highest BCUT2D eigenvalue weighted by atomic mass is 19.1. The van der Waals surface area contributed by atoms with Crippen LogP contribution in [-0.2, 0) is 29.0 Å². The zero-order valence-electron chi connectivity index (χ0n) is 25.5. The summed E-state index contributed by atoms with van der Waals surface area (Å²) in [5.74, 6) is -1.57. The third kappa shape index (κ3) is 7.71. The summed E-state index contributed by atoms with van der Waals surface area (Å²) in [4.78, 5) is 25.3. The van der Waals surface area contributed by atoms with E-state index in [-0.39, 0.29) is 43.3 Å². The molecule has 12 nitrogen and oxygen atoms in total.